The van der Waals surface area contributed by atoms with E-state index in [1.807, 2.05) is 0 Å². The van der Waals surface area contributed by atoms with Gasteiger partial charge in [0.15, 0.2) is 0 Å². The highest BCUT2D eigenvalue weighted by Gasteiger charge is 2.07. The van der Waals surface area contributed by atoms with Crippen molar-refractivity contribution in [3.8, 4) is 17.3 Å². The summed E-state index contributed by atoms with van der Waals surface area (Å²) in [6.07, 6.45) is 0. The van der Waals surface area contributed by atoms with Crippen LogP contribution in [0.2, 0.25) is 0 Å². The zero-order valence-electron chi connectivity index (χ0n) is 9.01. The third kappa shape index (κ3) is 2.05. The molecule has 0 amide bonds. The van der Waals surface area contributed by atoms with Crippen molar-refractivity contribution in [2.75, 3.05) is 7.11 Å². The van der Waals surface area contributed by atoms with Crippen LogP contribution in [0.25, 0.3) is 5.69 Å². The summed E-state index contributed by atoms with van der Waals surface area (Å²) in [6, 6.07) is 7.49. The van der Waals surface area contributed by atoms with Gasteiger partial charge in [-0.1, -0.05) is 6.07 Å². The van der Waals surface area contributed by atoms with Gasteiger partial charge in [-0.25, -0.2) is 9.36 Å². The quantitative estimate of drug-likeness (QED) is 0.779. The largest absolute Gasteiger partial charge is 0.497 e. The number of nitrogens with one attached hydrogen (secondary N) is 1. The van der Waals surface area contributed by atoms with Crippen molar-refractivity contribution in [2.45, 2.75) is 0 Å². The molecule has 17 heavy (non-hydrogen) atoms. The second-order valence-electron chi connectivity index (χ2n) is 3.33. The summed E-state index contributed by atoms with van der Waals surface area (Å²) in [6.45, 7) is 0. The van der Waals surface area contributed by atoms with Crippen LogP contribution in [0, 0.1) is 0 Å². The summed E-state index contributed by atoms with van der Waals surface area (Å²) in [5, 5.41) is 9.59. The summed E-state index contributed by atoms with van der Waals surface area (Å²) in [7, 11) is 1.49. The molecule has 0 atom stereocenters. The second kappa shape index (κ2) is 4.17. The first-order chi connectivity index (χ1) is 8.11. The van der Waals surface area contributed by atoms with Gasteiger partial charge in [0.2, 0.25) is 5.88 Å². The van der Waals surface area contributed by atoms with Crippen LogP contribution in [0.15, 0.2) is 39.9 Å². The number of aromatic hydroxyl groups is 1. The maximum Gasteiger partial charge on any atom is 0.335 e. The molecule has 2 aromatic rings. The minimum atomic E-state index is -0.705. The molecule has 0 spiro atoms. The Bertz CT molecular complexity index is 657. The zero-order chi connectivity index (χ0) is 12.4. The van der Waals surface area contributed by atoms with Crippen molar-refractivity contribution in [2.24, 2.45) is 0 Å². The Kier molecular flexibility index (Phi) is 2.70. The molecule has 0 saturated heterocycles. The molecule has 1 aromatic carbocycles. The van der Waals surface area contributed by atoms with Gasteiger partial charge in [-0.3, -0.25) is 9.78 Å². The number of rotatable bonds is 2. The number of hydrogen-bond acceptors (Lipinski definition) is 4. The first-order valence-corrected chi connectivity index (χ1v) is 4.81. The minimum Gasteiger partial charge on any atom is -0.497 e. The molecule has 2 N–H and O–H groups in total. The van der Waals surface area contributed by atoms with Gasteiger partial charge < -0.3 is 9.84 Å². The summed E-state index contributed by atoms with van der Waals surface area (Å²) in [4.78, 5) is 24.6. The smallest absolute Gasteiger partial charge is 0.335 e. The normalized spacial score (nSPS) is 10.2. The zero-order valence-corrected chi connectivity index (χ0v) is 9.01. The van der Waals surface area contributed by atoms with E-state index >= 15 is 0 Å². The Morgan fingerprint density at radius 1 is 1.29 bits per heavy atom. The number of ether oxygens (including phenoxy) is 1. The lowest BCUT2D eigenvalue weighted by Gasteiger charge is -2.08. The number of H-pyrrole nitrogens is 1. The average molecular weight is 234 g/mol. The topological polar surface area (TPSA) is 84.3 Å². The van der Waals surface area contributed by atoms with Crippen LogP contribution in [0.1, 0.15) is 0 Å². The van der Waals surface area contributed by atoms with Gasteiger partial charge in [-0.15, -0.1) is 0 Å². The maximum atomic E-state index is 11.6. The van der Waals surface area contributed by atoms with E-state index in [1.165, 1.54) is 7.11 Å². The highest BCUT2D eigenvalue weighted by molar-refractivity contribution is 5.41. The fourth-order valence-electron chi connectivity index (χ4n) is 1.48. The van der Waals surface area contributed by atoms with Crippen molar-refractivity contribution < 1.29 is 9.84 Å². The lowest BCUT2D eigenvalue weighted by Crippen LogP contribution is -2.27. The summed E-state index contributed by atoms with van der Waals surface area (Å²) < 4.78 is 5.99. The van der Waals surface area contributed by atoms with E-state index in [2.05, 4.69) is 4.98 Å². The van der Waals surface area contributed by atoms with Crippen molar-refractivity contribution in [1.29, 1.82) is 0 Å². The molecule has 0 aliphatic heterocycles. The van der Waals surface area contributed by atoms with E-state index in [0.29, 0.717) is 11.4 Å². The van der Waals surface area contributed by atoms with Gasteiger partial charge in [-0.05, 0) is 12.1 Å². The maximum absolute atomic E-state index is 11.6. The SMILES string of the molecule is COc1cccc(-n2c(O)cc(=O)[nH]c2=O)c1. The van der Waals surface area contributed by atoms with Crippen LogP contribution >= 0.6 is 0 Å². The predicted octanol–water partition coefficient (Wildman–Crippen LogP) is 0.240. The van der Waals surface area contributed by atoms with Crippen LogP contribution in [0.4, 0.5) is 0 Å². The van der Waals surface area contributed by atoms with E-state index in [1.54, 1.807) is 24.3 Å². The second-order valence-corrected chi connectivity index (χ2v) is 3.33. The molecule has 1 aromatic heterocycles. The van der Waals surface area contributed by atoms with Gasteiger partial charge in [0.25, 0.3) is 5.56 Å². The fraction of sp³-hybridized carbons (Fsp3) is 0.0909. The van der Waals surface area contributed by atoms with Gasteiger partial charge in [0, 0.05) is 6.07 Å². The van der Waals surface area contributed by atoms with E-state index in [-0.39, 0.29) is 0 Å². The molecule has 0 fully saturated rings. The fourth-order valence-corrected chi connectivity index (χ4v) is 1.48. The van der Waals surface area contributed by atoms with Crippen LogP contribution in [0.3, 0.4) is 0 Å². The molecule has 6 nitrogen and oxygen atoms in total. The Morgan fingerprint density at radius 3 is 2.71 bits per heavy atom. The van der Waals surface area contributed by atoms with Crippen LogP contribution < -0.4 is 16.0 Å². The minimum absolute atomic E-state index is 0.406. The van der Waals surface area contributed by atoms with E-state index < -0.39 is 17.1 Å². The molecule has 88 valence electrons. The average Bonchev–Trinajstić information content (AvgIpc) is 2.28. The Balaban J connectivity index is 2.68. The number of aromatic amines is 1. The van der Waals surface area contributed by atoms with Gasteiger partial charge >= 0.3 is 5.69 Å². The van der Waals surface area contributed by atoms with Gasteiger partial charge in [0.05, 0.1) is 18.9 Å². The number of aromatic nitrogens is 2. The third-order valence-corrected chi connectivity index (χ3v) is 2.23. The van der Waals surface area contributed by atoms with E-state index in [4.69, 9.17) is 4.74 Å². The highest BCUT2D eigenvalue weighted by atomic mass is 16.5. The molecular weight excluding hydrogens is 224 g/mol. The van der Waals surface area contributed by atoms with Crippen molar-refractivity contribution in [3.63, 3.8) is 0 Å². The summed E-state index contributed by atoms with van der Waals surface area (Å²) in [5.74, 6) is 0.118. The highest BCUT2D eigenvalue weighted by Crippen LogP contribution is 2.17. The monoisotopic (exact) mass is 234 g/mol. The number of hydrogen-bond donors (Lipinski definition) is 2. The van der Waals surface area contributed by atoms with Crippen LogP contribution in [-0.2, 0) is 0 Å². The Labute approximate surface area is 95.7 Å². The number of methoxy groups -OCH3 is 1. The van der Waals surface area contributed by atoms with E-state index in [0.717, 1.165) is 10.6 Å². The molecule has 0 saturated carbocycles. The summed E-state index contributed by atoms with van der Waals surface area (Å²) in [5.41, 5.74) is -0.946. The Hall–Kier alpha value is -2.50. The third-order valence-electron chi connectivity index (χ3n) is 2.23. The van der Waals surface area contributed by atoms with Gasteiger partial charge in [-0.2, -0.15) is 0 Å². The number of benzene rings is 1. The molecule has 2 rings (SSSR count). The van der Waals surface area contributed by atoms with Gasteiger partial charge in [0.1, 0.15) is 5.75 Å². The molecular formula is C11H10N2O4. The first kappa shape index (κ1) is 11.0. The Morgan fingerprint density at radius 2 is 2.06 bits per heavy atom. The molecule has 0 aliphatic rings. The number of nitrogens with zero attached hydrogens (tertiary/aromatic N) is 1. The molecule has 0 aliphatic carbocycles. The first-order valence-electron chi connectivity index (χ1n) is 4.81. The van der Waals surface area contributed by atoms with Crippen molar-refractivity contribution in [3.05, 3.63) is 51.2 Å². The van der Waals surface area contributed by atoms with Crippen LogP contribution in [-0.4, -0.2) is 21.8 Å². The van der Waals surface area contributed by atoms with Crippen molar-refractivity contribution in [1.82, 2.24) is 9.55 Å². The standard InChI is InChI=1S/C11H10N2O4/c1-17-8-4-2-3-7(5-8)13-10(15)6-9(14)12-11(13)16/h2-6,15H,1H3,(H,12,14,16). The van der Waals surface area contributed by atoms with Crippen LogP contribution in [0.5, 0.6) is 11.6 Å². The predicted molar refractivity (Wildman–Crippen MR) is 60.9 cm³/mol. The molecule has 0 radical (unpaired) electrons. The summed E-state index contributed by atoms with van der Waals surface area (Å²) >= 11 is 0. The molecule has 6 heteroatoms. The molecule has 0 bridgehead atoms. The molecule has 0 unspecified atom stereocenters. The van der Waals surface area contributed by atoms with Crippen molar-refractivity contribution >= 4 is 0 Å². The molecule has 1 heterocycles. The lowest BCUT2D eigenvalue weighted by atomic mass is 10.3. The lowest BCUT2D eigenvalue weighted by molar-refractivity contribution is 0.413. The van der Waals surface area contributed by atoms with E-state index in [9.17, 15) is 14.7 Å².